The number of carbonyl (C=O) groups excluding carboxylic acids is 2. The number of methoxy groups -OCH3 is 1. The summed E-state index contributed by atoms with van der Waals surface area (Å²) in [6, 6.07) is 6.55. The highest BCUT2D eigenvalue weighted by Crippen LogP contribution is 2.22. The van der Waals surface area contributed by atoms with Crippen LogP contribution < -0.4 is 5.32 Å². The van der Waals surface area contributed by atoms with Crippen LogP contribution in [0.25, 0.3) is 0 Å². The van der Waals surface area contributed by atoms with E-state index in [2.05, 4.69) is 11.9 Å². The van der Waals surface area contributed by atoms with E-state index in [-0.39, 0.29) is 24.4 Å². The maximum atomic E-state index is 12.6. The average molecular weight is 304 g/mol. The van der Waals surface area contributed by atoms with Crippen molar-refractivity contribution in [1.29, 1.82) is 0 Å². The van der Waals surface area contributed by atoms with Gasteiger partial charge in [-0.05, 0) is 30.7 Å². The maximum absolute atomic E-state index is 12.6. The molecule has 1 saturated heterocycles. The summed E-state index contributed by atoms with van der Waals surface area (Å²) in [5.41, 5.74) is 0.982. The van der Waals surface area contributed by atoms with Gasteiger partial charge in [-0.15, -0.1) is 0 Å². The number of carbonyl (C=O) groups is 2. The highest BCUT2D eigenvalue weighted by atomic mass is 16.5. The fourth-order valence-corrected chi connectivity index (χ4v) is 2.58. The molecule has 2 atom stereocenters. The van der Waals surface area contributed by atoms with Gasteiger partial charge in [0.2, 0.25) is 5.91 Å². The van der Waals surface area contributed by atoms with Gasteiger partial charge in [-0.3, -0.25) is 9.59 Å². The Balaban J connectivity index is 2.16. The molecule has 0 spiro atoms. The molecule has 1 heterocycles. The van der Waals surface area contributed by atoms with Gasteiger partial charge in [-0.1, -0.05) is 12.6 Å². The summed E-state index contributed by atoms with van der Waals surface area (Å²) in [5.74, 6) is -0.522. The summed E-state index contributed by atoms with van der Waals surface area (Å²) in [7, 11) is 1.57. The highest BCUT2D eigenvalue weighted by molar-refractivity contribution is 6.00. The van der Waals surface area contributed by atoms with E-state index in [1.54, 1.807) is 36.3 Å². The number of benzene rings is 1. The fourth-order valence-electron chi connectivity index (χ4n) is 2.58. The number of aliphatic hydroxyl groups is 1. The van der Waals surface area contributed by atoms with E-state index in [0.29, 0.717) is 24.3 Å². The molecule has 22 heavy (non-hydrogen) atoms. The topological polar surface area (TPSA) is 78.9 Å². The quantitative estimate of drug-likeness (QED) is 0.797. The number of β-amino-alcohol motifs (C(OH)–C–C–N with tert-alkyl or cyclic N) is 1. The van der Waals surface area contributed by atoms with Crippen LogP contribution in [0.5, 0.6) is 0 Å². The van der Waals surface area contributed by atoms with Gasteiger partial charge < -0.3 is 20.1 Å². The molecule has 0 unspecified atom stereocenters. The minimum atomic E-state index is -0.534. The highest BCUT2D eigenvalue weighted by Gasteiger charge is 2.34. The molecule has 1 aliphatic rings. The van der Waals surface area contributed by atoms with Crippen molar-refractivity contribution < 1.29 is 19.4 Å². The third kappa shape index (κ3) is 3.72. The molecule has 0 aliphatic carbocycles. The molecule has 6 nitrogen and oxygen atoms in total. The molecule has 0 saturated carbocycles. The van der Waals surface area contributed by atoms with Crippen molar-refractivity contribution in [2.75, 3.05) is 25.6 Å². The van der Waals surface area contributed by atoms with E-state index in [9.17, 15) is 14.7 Å². The predicted octanol–water partition coefficient (Wildman–Crippen LogP) is 1.03. The lowest BCUT2D eigenvalue weighted by molar-refractivity contribution is -0.111. The van der Waals surface area contributed by atoms with Crippen molar-refractivity contribution in [3.05, 3.63) is 42.5 Å². The normalized spacial score (nSPS) is 20.7. The third-order valence-corrected chi connectivity index (χ3v) is 3.57. The zero-order chi connectivity index (χ0) is 16.1. The van der Waals surface area contributed by atoms with Crippen molar-refractivity contribution >= 4 is 17.5 Å². The Morgan fingerprint density at radius 2 is 2.32 bits per heavy atom. The minimum absolute atomic E-state index is 0.140. The summed E-state index contributed by atoms with van der Waals surface area (Å²) in [6.07, 6.45) is 1.14. The Morgan fingerprint density at radius 3 is 3.00 bits per heavy atom. The Hall–Kier alpha value is -2.18. The van der Waals surface area contributed by atoms with Crippen LogP contribution in [0.3, 0.4) is 0 Å². The first kappa shape index (κ1) is 16.2. The zero-order valence-corrected chi connectivity index (χ0v) is 12.5. The summed E-state index contributed by atoms with van der Waals surface area (Å²) in [5, 5.41) is 12.4. The van der Waals surface area contributed by atoms with Crippen LogP contribution in [0.2, 0.25) is 0 Å². The van der Waals surface area contributed by atoms with E-state index in [4.69, 9.17) is 4.74 Å². The second-order valence-electron chi connectivity index (χ2n) is 5.23. The molecule has 1 fully saturated rings. The van der Waals surface area contributed by atoms with Crippen LogP contribution >= 0.6 is 0 Å². The second-order valence-corrected chi connectivity index (χ2v) is 5.23. The Bertz CT molecular complexity index is 573. The molecular formula is C16H20N2O4. The number of amides is 2. The number of ether oxygens (including phenoxy) is 1. The number of anilines is 1. The number of hydrogen-bond donors (Lipinski definition) is 2. The van der Waals surface area contributed by atoms with Gasteiger partial charge in [0.05, 0.1) is 18.8 Å². The van der Waals surface area contributed by atoms with E-state index < -0.39 is 6.10 Å². The third-order valence-electron chi connectivity index (χ3n) is 3.57. The molecule has 0 bridgehead atoms. The number of rotatable bonds is 5. The molecule has 1 aromatic rings. The van der Waals surface area contributed by atoms with Crippen molar-refractivity contribution in [3.8, 4) is 0 Å². The van der Waals surface area contributed by atoms with Gasteiger partial charge in [-0.2, -0.15) is 0 Å². The smallest absolute Gasteiger partial charge is 0.254 e. The van der Waals surface area contributed by atoms with E-state index >= 15 is 0 Å². The van der Waals surface area contributed by atoms with Crippen molar-refractivity contribution in [1.82, 2.24) is 4.90 Å². The monoisotopic (exact) mass is 304 g/mol. The van der Waals surface area contributed by atoms with Crippen LogP contribution in [-0.4, -0.2) is 54.2 Å². The van der Waals surface area contributed by atoms with E-state index in [1.807, 2.05) is 0 Å². The van der Waals surface area contributed by atoms with Gasteiger partial charge in [-0.25, -0.2) is 0 Å². The SMILES string of the molecule is C=CC(=O)Nc1cccc(C(=O)N2C[C@H](O)C[C@@H]2COC)c1. The molecular weight excluding hydrogens is 284 g/mol. The van der Waals surface area contributed by atoms with Crippen molar-refractivity contribution in [2.45, 2.75) is 18.6 Å². The molecule has 1 aliphatic heterocycles. The molecule has 2 amide bonds. The first-order chi connectivity index (χ1) is 10.5. The molecule has 0 radical (unpaired) electrons. The number of nitrogens with one attached hydrogen (secondary N) is 1. The predicted molar refractivity (Wildman–Crippen MR) is 82.6 cm³/mol. The molecule has 1 aromatic carbocycles. The van der Waals surface area contributed by atoms with Crippen LogP contribution in [0.15, 0.2) is 36.9 Å². The van der Waals surface area contributed by atoms with Gasteiger partial charge in [0, 0.05) is 24.9 Å². The number of likely N-dealkylation sites (tertiary alicyclic amines) is 1. The van der Waals surface area contributed by atoms with Crippen LogP contribution in [0.4, 0.5) is 5.69 Å². The standard InChI is InChI=1S/C16H20N2O4/c1-3-15(20)17-12-6-4-5-11(7-12)16(21)18-9-14(19)8-13(18)10-22-2/h3-7,13-14,19H,1,8-10H2,2H3,(H,17,20)/t13-,14-/m1/s1. The van der Waals surface area contributed by atoms with Crippen molar-refractivity contribution in [2.24, 2.45) is 0 Å². The lowest BCUT2D eigenvalue weighted by Crippen LogP contribution is -2.38. The summed E-state index contributed by atoms with van der Waals surface area (Å²) < 4.78 is 5.11. The van der Waals surface area contributed by atoms with Gasteiger partial charge in [0.1, 0.15) is 0 Å². The number of nitrogens with zero attached hydrogens (tertiary/aromatic N) is 1. The van der Waals surface area contributed by atoms with Crippen LogP contribution in [0, 0.1) is 0 Å². The number of hydrogen-bond acceptors (Lipinski definition) is 4. The fraction of sp³-hybridized carbons (Fsp3) is 0.375. The Labute approximate surface area is 129 Å². The first-order valence-electron chi connectivity index (χ1n) is 7.06. The lowest BCUT2D eigenvalue weighted by Gasteiger charge is -2.24. The molecule has 2 rings (SSSR count). The summed E-state index contributed by atoms with van der Waals surface area (Å²) in [6.45, 7) is 4.06. The van der Waals surface area contributed by atoms with Gasteiger partial charge in [0.15, 0.2) is 0 Å². The Morgan fingerprint density at radius 1 is 1.55 bits per heavy atom. The van der Waals surface area contributed by atoms with Gasteiger partial charge in [0.25, 0.3) is 5.91 Å². The molecule has 2 N–H and O–H groups in total. The molecule has 6 heteroatoms. The summed E-state index contributed by atoms with van der Waals surface area (Å²) >= 11 is 0. The molecule has 118 valence electrons. The zero-order valence-electron chi connectivity index (χ0n) is 12.5. The van der Waals surface area contributed by atoms with Crippen LogP contribution in [-0.2, 0) is 9.53 Å². The summed E-state index contributed by atoms with van der Waals surface area (Å²) in [4.78, 5) is 25.6. The van der Waals surface area contributed by atoms with E-state index in [1.165, 1.54) is 6.08 Å². The lowest BCUT2D eigenvalue weighted by atomic mass is 10.1. The maximum Gasteiger partial charge on any atom is 0.254 e. The van der Waals surface area contributed by atoms with E-state index in [0.717, 1.165) is 0 Å². The molecule has 0 aromatic heterocycles. The average Bonchev–Trinajstić information content (AvgIpc) is 2.87. The largest absolute Gasteiger partial charge is 0.391 e. The Kier molecular flexibility index (Phi) is 5.30. The van der Waals surface area contributed by atoms with Crippen molar-refractivity contribution in [3.63, 3.8) is 0 Å². The number of aliphatic hydroxyl groups excluding tert-OH is 1. The second kappa shape index (κ2) is 7.20. The van der Waals surface area contributed by atoms with Crippen LogP contribution in [0.1, 0.15) is 16.8 Å². The van der Waals surface area contributed by atoms with Gasteiger partial charge >= 0.3 is 0 Å². The minimum Gasteiger partial charge on any atom is -0.391 e. The first-order valence-corrected chi connectivity index (χ1v) is 7.06.